The number of fused-ring (bicyclic) bond motifs is 9. The van der Waals surface area contributed by atoms with Crippen LogP contribution in [0, 0.1) is 0 Å². The van der Waals surface area contributed by atoms with E-state index in [-0.39, 0.29) is 0 Å². The van der Waals surface area contributed by atoms with Crippen LogP contribution in [0.4, 0.5) is 0 Å². The van der Waals surface area contributed by atoms with Crippen LogP contribution in [-0.2, 0) is 28.4 Å². The van der Waals surface area contributed by atoms with Crippen molar-refractivity contribution in [1.82, 2.24) is 19.9 Å². The minimum Gasteiger partial charge on any atom is -0.487 e. The first kappa shape index (κ1) is 46.6. The Labute approximate surface area is 407 Å². The Kier molecular flexibility index (Phi) is 15.6. The number of hydrogen-bond acceptors (Lipinski definition) is 10. The maximum absolute atomic E-state index is 6.50. The van der Waals surface area contributed by atoms with Crippen LogP contribution in [-0.4, -0.2) is 112 Å². The van der Waals surface area contributed by atoms with Crippen LogP contribution in [0.5, 0.6) is 11.5 Å². The molecule has 0 atom stereocenters. The van der Waals surface area contributed by atoms with Crippen molar-refractivity contribution in [3.05, 3.63) is 156 Å². The van der Waals surface area contributed by atoms with Crippen molar-refractivity contribution in [1.29, 1.82) is 0 Å². The third-order valence-corrected chi connectivity index (χ3v) is 12.0. The molecule has 0 amide bonds. The first-order chi connectivity index (χ1) is 34.8. The monoisotopic (exact) mass is 936 g/mol. The van der Waals surface area contributed by atoms with Gasteiger partial charge in [-0.3, -0.25) is 0 Å². The molecule has 0 radical (unpaired) electrons. The zero-order valence-corrected chi connectivity index (χ0v) is 39.1. The summed E-state index contributed by atoms with van der Waals surface area (Å²) in [4.78, 5) is 18.6. The molecule has 6 heterocycles. The van der Waals surface area contributed by atoms with Gasteiger partial charge in [-0.05, 0) is 83.0 Å². The van der Waals surface area contributed by atoms with Crippen LogP contribution >= 0.6 is 0 Å². The molecule has 70 heavy (non-hydrogen) atoms. The van der Waals surface area contributed by atoms with E-state index in [0.29, 0.717) is 104 Å². The summed E-state index contributed by atoms with van der Waals surface area (Å²) in [6.07, 6.45) is 8.43. The van der Waals surface area contributed by atoms with Gasteiger partial charge in [-0.25, -0.2) is 9.97 Å². The Morgan fingerprint density at radius 1 is 0.286 bits per heavy atom. The smallest absolute Gasteiger partial charge is 0.161 e. The summed E-state index contributed by atoms with van der Waals surface area (Å²) < 4.78 is 47.2. The highest BCUT2D eigenvalue weighted by molar-refractivity contribution is 6.00. The lowest BCUT2D eigenvalue weighted by molar-refractivity contribution is -0.0193. The number of nitrogens with zero attached hydrogens (tertiary/aromatic N) is 2. The first-order valence-corrected chi connectivity index (χ1v) is 24.0. The lowest BCUT2D eigenvalue weighted by Gasteiger charge is -2.15. The second-order valence-corrected chi connectivity index (χ2v) is 16.6. The summed E-state index contributed by atoms with van der Waals surface area (Å²) in [5.74, 6) is 1.15. The molecule has 3 aliphatic heterocycles. The lowest BCUT2D eigenvalue weighted by Crippen LogP contribution is -2.16. The van der Waals surface area contributed by atoms with Gasteiger partial charge in [-0.1, -0.05) is 97.1 Å². The van der Waals surface area contributed by atoms with Gasteiger partial charge >= 0.3 is 0 Å². The molecule has 356 valence electrons. The van der Waals surface area contributed by atoms with Crippen LogP contribution in [0.25, 0.3) is 90.9 Å². The summed E-state index contributed by atoms with van der Waals surface area (Å²) in [5.41, 5.74) is 14.8. The summed E-state index contributed by atoms with van der Waals surface area (Å²) in [6, 6.07) is 45.8. The molecule has 3 aliphatic rings. The number of nitrogens with one attached hydrogen (secondary N) is 2. The van der Waals surface area contributed by atoms with Gasteiger partial charge in [0.25, 0.3) is 0 Å². The summed E-state index contributed by atoms with van der Waals surface area (Å²) in [5, 5.41) is 0. The average Bonchev–Trinajstić information content (AvgIpc) is 4.26. The average molecular weight is 937 g/mol. The highest BCUT2D eigenvalue weighted by atomic mass is 16.6. The van der Waals surface area contributed by atoms with E-state index in [9.17, 15) is 0 Å². The summed E-state index contributed by atoms with van der Waals surface area (Å²) in [7, 11) is 0. The van der Waals surface area contributed by atoms with Crippen LogP contribution in [0.15, 0.2) is 133 Å². The van der Waals surface area contributed by atoms with Gasteiger partial charge < -0.3 is 47.9 Å². The second kappa shape index (κ2) is 23.4. The highest BCUT2D eigenvalue weighted by Gasteiger charge is 2.20. The van der Waals surface area contributed by atoms with E-state index in [0.717, 1.165) is 89.4 Å². The van der Waals surface area contributed by atoms with Gasteiger partial charge in [-0.15, -0.1) is 0 Å². The third-order valence-electron chi connectivity index (χ3n) is 12.0. The quantitative estimate of drug-likeness (QED) is 0.176. The fraction of sp³-hybridized carbons (Fsp3) is 0.241. The van der Waals surface area contributed by atoms with E-state index in [1.165, 1.54) is 0 Å². The second-order valence-electron chi connectivity index (χ2n) is 16.6. The molecule has 3 aromatic heterocycles. The largest absolute Gasteiger partial charge is 0.487 e. The predicted molar refractivity (Wildman–Crippen MR) is 277 cm³/mol. The number of aromatic nitrogens is 4. The SMILES string of the molecule is C1=Cc2nc1c(-c1ccccc1)c1ccc([nH]1)c(-c1ccccc1)c1nc(c(-c3ccc4c(c3)OCCOCCOCCOCCOCCOCCOCCO4)c3ccc([nH]3)c2-c2ccccc2)C=C1. The van der Waals surface area contributed by atoms with Crippen LogP contribution in [0.2, 0.25) is 0 Å². The highest BCUT2D eigenvalue weighted by Crippen LogP contribution is 2.40. The maximum atomic E-state index is 6.50. The van der Waals surface area contributed by atoms with Gasteiger partial charge in [0, 0.05) is 44.3 Å². The van der Waals surface area contributed by atoms with E-state index < -0.39 is 0 Å². The molecule has 4 aromatic carbocycles. The molecule has 0 saturated heterocycles. The fourth-order valence-corrected chi connectivity index (χ4v) is 8.75. The van der Waals surface area contributed by atoms with Crippen molar-refractivity contribution in [2.75, 3.05) is 92.5 Å². The zero-order valence-electron chi connectivity index (χ0n) is 39.1. The molecule has 12 heteroatoms. The van der Waals surface area contributed by atoms with Gasteiger partial charge in [0.15, 0.2) is 11.5 Å². The Balaban J connectivity index is 1.11. The van der Waals surface area contributed by atoms with E-state index in [1.807, 2.05) is 30.3 Å². The first-order valence-electron chi connectivity index (χ1n) is 24.0. The topological polar surface area (TPSA) is 131 Å². The van der Waals surface area contributed by atoms with Crippen LogP contribution in [0.3, 0.4) is 0 Å². The molecule has 2 N–H and O–H groups in total. The molecule has 12 nitrogen and oxygen atoms in total. The number of hydrogen-bond donors (Lipinski definition) is 2. The molecular weight excluding hydrogens is 881 g/mol. The van der Waals surface area contributed by atoms with Gasteiger partial charge in [0.2, 0.25) is 0 Å². The van der Waals surface area contributed by atoms with Gasteiger partial charge in [0.1, 0.15) is 13.2 Å². The molecule has 0 fully saturated rings. The Morgan fingerprint density at radius 3 is 0.929 bits per heavy atom. The molecule has 0 aliphatic carbocycles. The van der Waals surface area contributed by atoms with Crippen molar-refractivity contribution >= 4 is 46.4 Å². The van der Waals surface area contributed by atoms with E-state index >= 15 is 0 Å². The normalized spacial score (nSPS) is 15.8. The third kappa shape index (κ3) is 11.3. The molecule has 10 rings (SSSR count). The number of benzene rings is 4. The maximum Gasteiger partial charge on any atom is 0.161 e. The Bertz CT molecular complexity index is 3040. The fourth-order valence-electron chi connectivity index (χ4n) is 8.75. The van der Waals surface area contributed by atoms with Crippen molar-refractivity contribution in [3.8, 4) is 56.0 Å². The van der Waals surface area contributed by atoms with Crippen LogP contribution in [0.1, 0.15) is 22.8 Å². The number of aromatic amines is 2. The Morgan fingerprint density at radius 2 is 0.586 bits per heavy atom. The number of rotatable bonds is 4. The zero-order chi connectivity index (χ0) is 47.2. The number of ether oxygens (including phenoxy) is 8. The predicted octanol–water partition coefficient (Wildman–Crippen LogP) is 11.2. The van der Waals surface area contributed by atoms with Crippen molar-refractivity contribution in [3.63, 3.8) is 0 Å². The lowest BCUT2D eigenvalue weighted by atomic mass is 10.0. The minimum absolute atomic E-state index is 0.290. The van der Waals surface area contributed by atoms with E-state index in [4.69, 9.17) is 47.9 Å². The van der Waals surface area contributed by atoms with Crippen molar-refractivity contribution in [2.24, 2.45) is 0 Å². The summed E-state index contributed by atoms with van der Waals surface area (Å²) in [6.45, 7) is 6.02. The molecule has 8 bridgehead atoms. The Hall–Kier alpha value is -7.16. The van der Waals surface area contributed by atoms with Crippen molar-refractivity contribution in [2.45, 2.75) is 0 Å². The molecule has 0 spiro atoms. The summed E-state index contributed by atoms with van der Waals surface area (Å²) >= 11 is 0. The molecule has 7 aromatic rings. The molecule has 0 saturated carbocycles. The molecule has 0 unspecified atom stereocenters. The van der Waals surface area contributed by atoms with Gasteiger partial charge in [-0.2, -0.15) is 0 Å². The van der Waals surface area contributed by atoms with E-state index in [1.54, 1.807) is 0 Å². The number of H-pyrrole nitrogens is 2. The molecular formula is C58H56N4O8. The van der Waals surface area contributed by atoms with Crippen molar-refractivity contribution < 1.29 is 37.9 Å². The van der Waals surface area contributed by atoms with Crippen LogP contribution < -0.4 is 9.47 Å². The van der Waals surface area contributed by atoms with E-state index in [2.05, 4.69) is 137 Å². The minimum atomic E-state index is 0.290. The standard InChI is InChI=1S/C58H56N4O8/c1-4-10-41(11-5-1)55-45-17-19-47(59-45)56(42-12-6-2-7-13-42)49-21-23-51(61-49)58(52-24-22-50(62-52)57(43-14-8-3-9-15-43)48-20-18-46(55)60-48)44-16-25-53-54(40-44)70-39-37-68-35-33-66-31-29-64-27-26-63-28-30-65-32-34-67-36-38-69-53/h1-25,40,59,62H,26-39H2. The van der Waals surface area contributed by atoms with Gasteiger partial charge in [0.05, 0.1) is 102 Å².